The molecule has 0 aliphatic heterocycles. The number of aromatic nitrogens is 1. The summed E-state index contributed by atoms with van der Waals surface area (Å²) in [7, 11) is -3.11. The second-order valence-electron chi connectivity index (χ2n) is 25.1. The minimum absolute atomic E-state index is 0.159. The first kappa shape index (κ1) is 66.0. The lowest BCUT2D eigenvalue weighted by atomic mass is 9.80. The maximum atomic E-state index is 15.2. The van der Waals surface area contributed by atoms with Crippen molar-refractivity contribution < 1.29 is 45.9 Å². The highest BCUT2D eigenvalue weighted by Gasteiger charge is 2.31. The molecule has 0 amide bonds. The molecule has 0 atom stereocenters. The van der Waals surface area contributed by atoms with Crippen LogP contribution in [0.15, 0.2) is 200 Å². The van der Waals surface area contributed by atoms with Crippen LogP contribution < -0.4 is 23.7 Å². The molecule has 9 aromatic carbocycles. The van der Waals surface area contributed by atoms with Gasteiger partial charge in [-0.15, -0.1) is 12.6 Å². The van der Waals surface area contributed by atoms with Crippen molar-refractivity contribution in [2.75, 3.05) is 0 Å². The molecule has 0 radical (unpaired) electrons. The average Bonchev–Trinajstić information content (AvgIpc) is 0.784. The fraction of sp³-hybridized carbons (Fsp3) is 0.179. The summed E-state index contributed by atoms with van der Waals surface area (Å²) in [6.45, 7) is 22.3. The Morgan fingerprint density at radius 3 is 1.45 bits per heavy atom. The van der Waals surface area contributed by atoms with E-state index < -0.39 is 26.9 Å². The van der Waals surface area contributed by atoms with Crippen LogP contribution in [0.25, 0.3) is 22.3 Å². The van der Waals surface area contributed by atoms with Crippen LogP contribution in [0.4, 0.5) is 0 Å². The van der Waals surface area contributed by atoms with Crippen LogP contribution in [0, 0.1) is 47.8 Å². The Balaban J connectivity index is 0.00000248. The van der Waals surface area contributed by atoms with Crippen molar-refractivity contribution in [3.05, 3.63) is 267 Å². The first-order valence-electron chi connectivity index (χ1n) is 29.7. The molecule has 0 spiro atoms. The third-order valence-corrected chi connectivity index (χ3v) is 15.2. The monoisotopic (exact) mass is 1250 g/mol. The summed E-state index contributed by atoms with van der Waals surface area (Å²) in [6, 6.07) is 64.9. The molecule has 0 aliphatic carbocycles. The van der Waals surface area contributed by atoms with Gasteiger partial charge in [-0.2, -0.15) is 15.8 Å². The standard InChI is InChI=1S/C78H66N4O7.O3S/c1-48-29-36-55(58(40-48)74(83)50-21-13-12-14-22-50)52-32-37-57(59(41-52)75(84)51-30-33-53(34-31-51)86-73-28-15-16-39-82-73)56-23-18-25-67(61(56)46-80)88-71-43-65(78(9,10)11)72(44-64(71)77(6,7)8)89-69-27-19-26-68(62(69)47-81)85-54-35-38-70(63(42-54)76(3,4)5)87-66-24-17-20-49(2)60(66)45-79;1-4(2)3/h12-44H,1-11H3;. The first-order valence-corrected chi connectivity index (χ1v) is 30.7. The van der Waals surface area contributed by atoms with Crippen LogP contribution in [0.5, 0.6) is 57.6 Å². The second kappa shape index (κ2) is 27.7. The Morgan fingerprint density at radius 2 is 0.882 bits per heavy atom. The molecule has 0 saturated carbocycles. The summed E-state index contributed by atoms with van der Waals surface area (Å²) in [4.78, 5) is 33.7. The van der Waals surface area contributed by atoms with Gasteiger partial charge < -0.3 is 23.7 Å². The van der Waals surface area contributed by atoms with Gasteiger partial charge in [0.1, 0.15) is 81.1 Å². The van der Waals surface area contributed by atoms with E-state index in [9.17, 15) is 20.6 Å². The molecule has 0 aliphatic rings. The fourth-order valence-electron chi connectivity index (χ4n) is 10.6. The Labute approximate surface area is 543 Å². The molecule has 0 N–H and O–H groups in total. The van der Waals surface area contributed by atoms with Gasteiger partial charge in [0.25, 0.3) is 0 Å². The molecule has 10 aromatic rings. The van der Waals surface area contributed by atoms with E-state index in [1.807, 2.05) is 105 Å². The number of carbonyl (C=O) groups excluding carboxylic acids is 2. The highest BCUT2D eigenvalue weighted by molar-refractivity contribution is 7.59. The average molecular weight is 1250 g/mol. The number of pyridine rings is 1. The molecule has 1 aromatic heterocycles. The Hall–Kier alpha value is -11.4. The zero-order valence-electron chi connectivity index (χ0n) is 53.3. The van der Waals surface area contributed by atoms with Crippen molar-refractivity contribution in [1.29, 1.82) is 15.8 Å². The quantitative estimate of drug-likeness (QED) is 0.0823. The van der Waals surface area contributed by atoms with Gasteiger partial charge in [-0.25, -0.2) is 4.98 Å². The van der Waals surface area contributed by atoms with Gasteiger partial charge in [0.2, 0.25) is 5.88 Å². The lowest BCUT2D eigenvalue weighted by Gasteiger charge is -2.29. The number of rotatable bonds is 16. The number of ketones is 2. The van der Waals surface area contributed by atoms with E-state index in [-0.39, 0.29) is 39.9 Å². The normalized spacial score (nSPS) is 11.1. The zero-order valence-corrected chi connectivity index (χ0v) is 54.1. The molecule has 93 heavy (non-hydrogen) atoms. The van der Waals surface area contributed by atoms with Gasteiger partial charge in [-0.1, -0.05) is 159 Å². The van der Waals surface area contributed by atoms with Crippen LogP contribution >= 0.6 is 0 Å². The summed E-state index contributed by atoms with van der Waals surface area (Å²) in [6.07, 6.45) is 1.64. The number of nitriles is 3. The summed E-state index contributed by atoms with van der Waals surface area (Å²) in [5.41, 5.74) is 7.23. The number of nitrogens with zero attached hydrogens (tertiary/aromatic N) is 4. The number of hydrogen-bond acceptors (Lipinski definition) is 14. The maximum Gasteiger partial charge on any atom is 0.425 e. The Bertz CT molecular complexity index is 4750. The van der Waals surface area contributed by atoms with E-state index in [2.05, 4.69) is 85.5 Å². The molecule has 0 fully saturated rings. The lowest BCUT2D eigenvalue weighted by molar-refractivity contribution is 0.103. The van der Waals surface area contributed by atoms with Crippen LogP contribution in [-0.4, -0.2) is 29.2 Å². The van der Waals surface area contributed by atoms with Crippen LogP contribution in [0.2, 0.25) is 0 Å². The molecule has 464 valence electrons. The van der Waals surface area contributed by atoms with Gasteiger partial charge in [0, 0.05) is 56.8 Å². The molecule has 10 rings (SSSR count). The predicted octanol–water partition coefficient (Wildman–Crippen LogP) is 19.0. The number of aryl methyl sites for hydroxylation is 2. The van der Waals surface area contributed by atoms with Crippen LogP contribution in [-0.2, 0) is 26.9 Å². The molecule has 14 nitrogen and oxygen atoms in total. The molecule has 15 heteroatoms. The highest BCUT2D eigenvalue weighted by Crippen LogP contribution is 2.48. The number of ether oxygens (including phenoxy) is 5. The molecule has 0 unspecified atom stereocenters. The number of carbonyl (C=O) groups is 2. The summed E-state index contributed by atoms with van der Waals surface area (Å²) in [5.74, 6) is 3.68. The largest absolute Gasteiger partial charge is 0.456 e. The Morgan fingerprint density at radius 1 is 0.398 bits per heavy atom. The smallest absolute Gasteiger partial charge is 0.425 e. The number of hydrogen-bond donors (Lipinski definition) is 0. The fourth-order valence-corrected chi connectivity index (χ4v) is 10.6. The Kier molecular flexibility index (Phi) is 19.7. The third-order valence-electron chi connectivity index (χ3n) is 15.2. The maximum absolute atomic E-state index is 15.2. The van der Waals surface area contributed by atoms with Gasteiger partial charge in [-0.05, 0) is 149 Å². The minimum atomic E-state index is -3.11. The molecule has 0 saturated heterocycles. The van der Waals surface area contributed by atoms with Crippen molar-refractivity contribution in [2.24, 2.45) is 0 Å². The van der Waals surface area contributed by atoms with Crippen molar-refractivity contribution in [3.63, 3.8) is 0 Å². The van der Waals surface area contributed by atoms with Crippen molar-refractivity contribution >= 4 is 22.2 Å². The van der Waals surface area contributed by atoms with E-state index in [0.29, 0.717) is 90.4 Å². The van der Waals surface area contributed by atoms with E-state index in [4.69, 9.17) is 36.3 Å². The molecule has 0 bridgehead atoms. The third kappa shape index (κ3) is 15.4. The highest BCUT2D eigenvalue weighted by atomic mass is 32.2. The van der Waals surface area contributed by atoms with Gasteiger partial charge in [0.15, 0.2) is 11.6 Å². The lowest BCUT2D eigenvalue weighted by Crippen LogP contribution is -2.17. The van der Waals surface area contributed by atoms with E-state index >= 15 is 4.79 Å². The summed E-state index contributed by atoms with van der Waals surface area (Å²) >= 11 is 0. The number of benzene rings is 9. The van der Waals surface area contributed by atoms with Crippen molar-refractivity contribution in [2.45, 2.75) is 92.4 Å². The predicted molar refractivity (Wildman–Crippen MR) is 357 cm³/mol. The topological polar surface area (TPSA) is 216 Å². The van der Waals surface area contributed by atoms with Crippen LogP contribution in [0.1, 0.15) is 139 Å². The van der Waals surface area contributed by atoms with Crippen molar-refractivity contribution in [3.8, 4) is 98.1 Å². The first-order chi connectivity index (χ1) is 44.3. The second-order valence-corrected chi connectivity index (χ2v) is 25.5. The van der Waals surface area contributed by atoms with E-state index in [1.165, 1.54) is 0 Å². The SMILES string of the molecule is Cc1ccc(-c2ccc(-c3cccc(Oc4cc(C(C)(C)C)c(Oc5cccc(Oc6ccc(Oc7cccc(C)c7C#N)c(C(C)(C)C)c6)c5C#N)cc4C(C)(C)C)c3C#N)c(C(=O)c3ccc(Oc4ccccn4)cc3)c2)c(C(=O)c2ccccc2)c1.O=S(=O)=O. The van der Waals surface area contributed by atoms with E-state index in [0.717, 1.165) is 27.8 Å². The van der Waals surface area contributed by atoms with Gasteiger partial charge >= 0.3 is 10.6 Å². The van der Waals surface area contributed by atoms with E-state index in [1.54, 1.807) is 109 Å². The minimum Gasteiger partial charge on any atom is -0.456 e. The van der Waals surface area contributed by atoms with Crippen LogP contribution in [0.3, 0.4) is 0 Å². The molecular formula is C78H66N4O10S. The van der Waals surface area contributed by atoms with Gasteiger partial charge in [-0.3, -0.25) is 9.59 Å². The molecular weight excluding hydrogens is 1180 g/mol. The summed E-state index contributed by atoms with van der Waals surface area (Å²) in [5, 5.41) is 32.1. The zero-order chi connectivity index (χ0) is 66.9. The summed E-state index contributed by atoms with van der Waals surface area (Å²) < 4.78 is 58.1. The van der Waals surface area contributed by atoms with Gasteiger partial charge in [0.05, 0.1) is 5.56 Å². The van der Waals surface area contributed by atoms with Crippen molar-refractivity contribution in [1.82, 2.24) is 4.98 Å². The molecule has 1 heterocycles.